The summed E-state index contributed by atoms with van der Waals surface area (Å²) >= 11 is 3.36. The summed E-state index contributed by atoms with van der Waals surface area (Å²) in [7, 11) is 0. The molecule has 1 aliphatic carbocycles. The zero-order chi connectivity index (χ0) is 30.7. The lowest BCUT2D eigenvalue weighted by atomic mass is 9.99. The Morgan fingerprint density at radius 2 is 1.42 bits per heavy atom. The molecule has 1 aliphatic rings. The van der Waals surface area contributed by atoms with Crippen LogP contribution in [0.4, 0.5) is 0 Å². The number of aromatic nitrogens is 1. The third-order valence-electron chi connectivity index (χ3n) is 8.82. The van der Waals surface area contributed by atoms with Crippen LogP contribution in [0, 0.1) is 0 Å². The Kier molecular flexibility index (Phi) is 6.67. The summed E-state index contributed by atoms with van der Waals surface area (Å²) in [6, 6.07) is 39.6. The Morgan fingerprint density at radius 1 is 0.711 bits per heavy atom. The van der Waals surface area contributed by atoms with Crippen LogP contribution in [0.1, 0.15) is 45.5 Å². The van der Waals surface area contributed by atoms with E-state index in [0.717, 1.165) is 9.75 Å². The first-order valence-electron chi connectivity index (χ1n) is 15.0. The Labute approximate surface area is 269 Å². The second-order valence-corrected chi connectivity index (χ2v) is 13.8. The van der Waals surface area contributed by atoms with E-state index in [0.29, 0.717) is 11.5 Å². The maximum atomic E-state index is 11.1. The molecule has 0 radical (unpaired) electrons. The van der Waals surface area contributed by atoms with Gasteiger partial charge >= 0.3 is 5.97 Å². The molecule has 45 heavy (non-hydrogen) atoms. The van der Waals surface area contributed by atoms with Gasteiger partial charge in [-0.2, -0.15) is 0 Å². The summed E-state index contributed by atoms with van der Waals surface area (Å²) in [5.41, 5.74) is 10.7. The minimum absolute atomic E-state index is 0.336. The second-order valence-electron chi connectivity index (χ2n) is 11.6. The number of fused-ring (bicyclic) bond motifs is 6. The number of rotatable bonds is 6. The van der Waals surface area contributed by atoms with Crippen molar-refractivity contribution in [3.8, 4) is 27.3 Å². The van der Waals surface area contributed by atoms with Crippen molar-refractivity contribution < 1.29 is 9.90 Å². The fraction of sp³-hybridized carbons (Fsp3) is 0.0750. The van der Waals surface area contributed by atoms with Crippen LogP contribution in [-0.2, 0) is 4.79 Å². The first-order valence-corrected chi connectivity index (χ1v) is 16.6. The quantitative estimate of drug-likeness (QED) is 0.188. The van der Waals surface area contributed by atoms with Crippen molar-refractivity contribution in [2.75, 3.05) is 0 Å². The summed E-state index contributed by atoms with van der Waals surface area (Å²) in [5, 5.41) is 11.7. The van der Waals surface area contributed by atoms with E-state index in [1.165, 1.54) is 65.1 Å². The highest BCUT2D eigenvalue weighted by atomic mass is 32.1. The lowest BCUT2D eigenvalue weighted by molar-refractivity contribution is -0.132. The highest BCUT2D eigenvalue weighted by Gasteiger charge is 2.26. The number of carboxylic acids is 1. The molecule has 0 aliphatic heterocycles. The molecular weight excluding hydrogens is 591 g/mol. The summed E-state index contributed by atoms with van der Waals surface area (Å²) in [6.07, 6.45) is 5.94. The Bertz CT molecular complexity index is 2350. The van der Waals surface area contributed by atoms with Crippen molar-refractivity contribution in [1.29, 1.82) is 0 Å². The zero-order valence-corrected chi connectivity index (χ0v) is 26.5. The van der Waals surface area contributed by atoms with Crippen LogP contribution < -0.4 is 0 Å². The minimum atomic E-state index is -0.890. The number of aliphatic carboxylic acids is 1. The lowest BCUT2D eigenvalue weighted by Crippen LogP contribution is -1.96. The van der Waals surface area contributed by atoms with E-state index in [9.17, 15) is 4.79 Å². The number of benzene rings is 4. The van der Waals surface area contributed by atoms with E-state index < -0.39 is 5.97 Å². The molecule has 0 unspecified atom stereocenters. The molecule has 5 heteroatoms. The van der Waals surface area contributed by atoms with Gasteiger partial charge in [-0.1, -0.05) is 61.5 Å². The molecule has 1 N–H and O–H groups in total. The third-order valence-corrected chi connectivity index (χ3v) is 10.9. The second kappa shape index (κ2) is 10.9. The van der Waals surface area contributed by atoms with Gasteiger partial charge in [0.15, 0.2) is 0 Å². The van der Waals surface area contributed by atoms with Gasteiger partial charge in [0.05, 0.1) is 11.0 Å². The van der Waals surface area contributed by atoms with Crippen molar-refractivity contribution in [2.45, 2.75) is 19.8 Å². The van der Waals surface area contributed by atoms with Crippen LogP contribution in [-0.4, -0.2) is 15.6 Å². The molecule has 0 saturated heterocycles. The number of thiophene rings is 2. The Morgan fingerprint density at radius 3 is 2.29 bits per heavy atom. The van der Waals surface area contributed by atoms with E-state index >= 15 is 0 Å². The molecule has 218 valence electrons. The molecule has 4 aromatic carbocycles. The van der Waals surface area contributed by atoms with E-state index in [-0.39, 0.29) is 0 Å². The lowest BCUT2D eigenvalue weighted by Gasteiger charge is -2.12. The molecule has 3 aromatic heterocycles. The highest BCUT2D eigenvalue weighted by molar-refractivity contribution is 7.16. The SMILES string of the molecule is C/C(=C\c1ccc(/C=C/c2ccc(-c3ccc4c(c3)c3ccccc3n4-c3ccc4c(c3)[C@H](C)c3ccccc3-4)s2)s1)C(=O)O. The summed E-state index contributed by atoms with van der Waals surface area (Å²) < 4.78 is 2.41. The molecule has 0 saturated carbocycles. The molecule has 1 atom stereocenters. The van der Waals surface area contributed by atoms with Gasteiger partial charge < -0.3 is 9.67 Å². The largest absolute Gasteiger partial charge is 0.478 e. The number of hydrogen-bond donors (Lipinski definition) is 1. The predicted octanol–water partition coefficient (Wildman–Crippen LogP) is 11.4. The molecule has 8 rings (SSSR count). The third kappa shape index (κ3) is 4.76. The van der Waals surface area contributed by atoms with Gasteiger partial charge in [0.25, 0.3) is 0 Å². The van der Waals surface area contributed by atoms with Gasteiger partial charge in [0, 0.05) is 47.5 Å². The Hall–Kier alpha value is -4.97. The van der Waals surface area contributed by atoms with Crippen LogP contribution in [0.25, 0.3) is 67.3 Å². The summed E-state index contributed by atoms with van der Waals surface area (Å²) in [4.78, 5) is 15.6. The van der Waals surface area contributed by atoms with Gasteiger partial charge in [0.2, 0.25) is 0 Å². The smallest absolute Gasteiger partial charge is 0.331 e. The number of carbonyl (C=O) groups is 1. The summed E-state index contributed by atoms with van der Waals surface area (Å²) in [6.45, 7) is 3.93. The van der Waals surface area contributed by atoms with E-state index in [4.69, 9.17) is 5.11 Å². The number of carboxylic acid groups (broad SMARTS) is 1. The van der Waals surface area contributed by atoms with Crippen LogP contribution >= 0.6 is 22.7 Å². The average molecular weight is 620 g/mol. The van der Waals surface area contributed by atoms with E-state index in [1.54, 1.807) is 35.7 Å². The van der Waals surface area contributed by atoms with Gasteiger partial charge in [-0.15, -0.1) is 22.7 Å². The first kappa shape index (κ1) is 27.6. The van der Waals surface area contributed by atoms with Gasteiger partial charge in [-0.25, -0.2) is 4.79 Å². The van der Waals surface area contributed by atoms with Crippen molar-refractivity contribution in [3.05, 3.63) is 141 Å². The maximum Gasteiger partial charge on any atom is 0.331 e. The fourth-order valence-corrected chi connectivity index (χ4v) is 8.38. The molecule has 0 spiro atoms. The number of para-hydroxylation sites is 1. The maximum absolute atomic E-state index is 11.1. The molecular formula is C40H29NO2S2. The zero-order valence-electron chi connectivity index (χ0n) is 24.8. The monoisotopic (exact) mass is 619 g/mol. The van der Waals surface area contributed by atoms with Crippen LogP contribution in [0.5, 0.6) is 0 Å². The fourth-order valence-electron chi connectivity index (χ4n) is 6.56. The molecule has 0 fully saturated rings. The number of hydrogen-bond acceptors (Lipinski definition) is 3. The van der Waals surface area contributed by atoms with Crippen LogP contribution in [0.2, 0.25) is 0 Å². The molecule has 0 bridgehead atoms. The average Bonchev–Trinajstić information content (AvgIpc) is 3.84. The van der Waals surface area contributed by atoms with Crippen molar-refractivity contribution in [1.82, 2.24) is 4.57 Å². The molecule has 3 nitrogen and oxygen atoms in total. The van der Waals surface area contributed by atoms with Gasteiger partial charge in [0.1, 0.15) is 0 Å². The molecule has 3 heterocycles. The molecule has 7 aromatic rings. The van der Waals surface area contributed by atoms with Crippen LogP contribution in [0.3, 0.4) is 0 Å². The summed E-state index contributed by atoms with van der Waals surface area (Å²) in [5.74, 6) is -0.517. The molecule has 0 amide bonds. The van der Waals surface area contributed by atoms with Gasteiger partial charge in [-0.05, 0) is 108 Å². The van der Waals surface area contributed by atoms with Crippen molar-refractivity contribution in [3.63, 3.8) is 0 Å². The van der Waals surface area contributed by atoms with E-state index in [1.807, 2.05) is 12.1 Å². The first-order chi connectivity index (χ1) is 21.9. The normalized spacial score (nSPS) is 14.4. The highest BCUT2D eigenvalue weighted by Crippen LogP contribution is 2.46. The van der Waals surface area contributed by atoms with Crippen LogP contribution in [0.15, 0.2) is 115 Å². The Balaban J connectivity index is 1.13. The van der Waals surface area contributed by atoms with Gasteiger partial charge in [-0.3, -0.25) is 0 Å². The van der Waals surface area contributed by atoms with Crippen molar-refractivity contribution >= 4 is 68.7 Å². The number of nitrogens with zero attached hydrogens (tertiary/aromatic N) is 1. The minimum Gasteiger partial charge on any atom is -0.478 e. The van der Waals surface area contributed by atoms with E-state index in [2.05, 4.69) is 121 Å². The topological polar surface area (TPSA) is 42.2 Å². The van der Waals surface area contributed by atoms with Crippen molar-refractivity contribution in [2.24, 2.45) is 0 Å². The predicted molar refractivity (Wildman–Crippen MR) is 192 cm³/mol. The standard InChI is InChI=1S/C40H29NO2S2/c1-24(40(42)43)21-30-16-15-28(44-30)13-14-29-17-20-39(45-29)26-11-19-38-36(22-26)34-9-5-6-10-37(34)41(38)27-12-18-33-32-8-4-3-7-31(32)25(2)35(33)23-27/h3-23,25H,1-2H3,(H,42,43)/b14-13+,24-21+/t25-/m1/s1.